The van der Waals surface area contributed by atoms with Gasteiger partial charge in [0.2, 0.25) is 0 Å². The van der Waals surface area contributed by atoms with E-state index in [-0.39, 0.29) is 12.5 Å². The third-order valence-corrected chi connectivity index (χ3v) is 4.19. The van der Waals surface area contributed by atoms with Gasteiger partial charge in [0, 0.05) is 30.5 Å². The van der Waals surface area contributed by atoms with Crippen LogP contribution in [0.25, 0.3) is 0 Å². The molecule has 1 aromatic carbocycles. The molecule has 0 radical (unpaired) electrons. The highest BCUT2D eigenvalue weighted by molar-refractivity contribution is 6.30. The fourth-order valence-corrected chi connectivity index (χ4v) is 2.56. The maximum absolute atomic E-state index is 12.2. The van der Waals surface area contributed by atoms with Gasteiger partial charge in [0.25, 0.3) is 5.91 Å². The van der Waals surface area contributed by atoms with Crippen molar-refractivity contribution in [1.29, 1.82) is 0 Å². The minimum Gasteiger partial charge on any atom is -0.346 e. The first-order valence-corrected chi connectivity index (χ1v) is 8.45. The summed E-state index contributed by atoms with van der Waals surface area (Å²) in [6.07, 6.45) is 3.07. The molecule has 0 saturated carbocycles. The first kappa shape index (κ1) is 18.4. The number of nitrogens with zero attached hydrogens (tertiary/aromatic N) is 3. The van der Waals surface area contributed by atoms with Crippen LogP contribution in [0.15, 0.2) is 36.7 Å². The second-order valence-electron chi connectivity index (χ2n) is 5.83. The van der Waals surface area contributed by atoms with Crippen LogP contribution < -0.4 is 5.32 Å². The number of hydrogen-bond donors (Lipinski definition) is 1. The average molecular weight is 347 g/mol. The van der Waals surface area contributed by atoms with E-state index in [1.807, 2.05) is 24.3 Å². The quantitative estimate of drug-likeness (QED) is 0.835. The molecule has 5 nitrogen and oxygen atoms in total. The number of benzene rings is 1. The van der Waals surface area contributed by atoms with Crippen LogP contribution in [0, 0.1) is 0 Å². The number of hydrogen-bond acceptors (Lipinski definition) is 4. The summed E-state index contributed by atoms with van der Waals surface area (Å²) in [5.41, 5.74) is 2.37. The van der Waals surface area contributed by atoms with Gasteiger partial charge < -0.3 is 5.32 Å². The zero-order chi connectivity index (χ0) is 17.5. The van der Waals surface area contributed by atoms with Gasteiger partial charge >= 0.3 is 0 Å². The molecule has 0 atom stereocenters. The molecule has 0 bridgehead atoms. The largest absolute Gasteiger partial charge is 0.346 e. The minimum atomic E-state index is -0.153. The molecule has 0 spiro atoms. The molecular weight excluding hydrogens is 324 g/mol. The Morgan fingerprint density at radius 3 is 2.46 bits per heavy atom. The predicted molar refractivity (Wildman–Crippen MR) is 95.9 cm³/mol. The molecule has 6 heteroatoms. The summed E-state index contributed by atoms with van der Waals surface area (Å²) >= 11 is 5.93. The van der Waals surface area contributed by atoms with Gasteiger partial charge in [0.05, 0.1) is 12.2 Å². The molecule has 24 heavy (non-hydrogen) atoms. The summed E-state index contributed by atoms with van der Waals surface area (Å²) < 4.78 is 0. The molecular formula is C18H23ClN4O. The highest BCUT2D eigenvalue weighted by Gasteiger charge is 2.10. The van der Waals surface area contributed by atoms with Crippen LogP contribution in [0.5, 0.6) is 0 Å². The van der Waals surface area contributed by atoms with E-state index in [1.54, 1.807) is 6.20 Å². The maximum atomic E-state index is 12.2. The molecule has 0 aliphatic rings. The van der Waals surface area contributed by atoms with E-state index < -0.39 is 0 Å². The second-order valence-corrected chi connectivity index (χ2v) is 6.19. The van der Waals surface area contributed by atoms with Crippen molar-refractivity contribution in [2.75, 3.05) is 6.54 Å². The first-order chi connectivity index (χ1) is 11.5. The van der Waals surface area contributed by atoms with Crippen LogP contribution in [0.1, 0.15) is 42.4 Å². The predicted octanol–water partition coefficient (Wildman–Crippen LogP) is 3.29. The highest BCUT2D eigenvalue weighted by atomic mass is 35.5. The Labute approximate surface area is 148 Å². The van der Waals surface area contributed by atoms with Crippen LogP contribution in [-0.2, 0) is 13.1 Å². The van der Waals surface area contributed by atoms with Gasteiger partial charge in [-0.05, 0) is 38.1 Å². The standard InChI is InChI=1S/C18H23ClN4O/c1-4-23(13(2)3)12-14-5-7-15(8-6-14)18(24)22-11-16-17(19)21-10-9-20-16/h5-10,13H,4,11-12H2,1-3H3,(H,22,24). The molecule has 1 amide bonds. The first-order valence-electron chi connectivity index (χ1n) is 8.07. The molecule has 2 rings (SSSR count). The Morgan fingerprint density at radius 1 is 1.21 bits per heavy atom. The Balaban J connectivity index is 1.95. The molecule has 128 valence electrons. The lowest BCUT2D eigenvalue weighted by atomic mass is 10.1. The van der Waals surface area contributed by atoms with E-state index in [2.05, 4.69) is 41.0 Å². The third kappa shape index (κ3) is 5.01. The smallest absolute Gasteiger partial charge is 0.251 e. The lowest BCUT2D eigenvalue weighted by Crippen LogP contribution is -2.30. The van der Waals surface area contributed by atoms with E-state index in [0.29, 0.717) is 22.5 Å². The van der Waals surface area contributed by atoms with E-state index >= 15 is 0 Å². The van der Waals surface area contributed by atoms with Gasteiger partial charge in [-0.3, -0.25) is 14.7 Å². The Bertz CT molecular complexity index is 673. The Morgan fingerprint density at radius 2 is 1.88 bits per heavy atom. The van der Waals surface area contributed by atoms with E-state index in [1.165, 1.54) is 11.8 Å². The molecule has 0 unspecified atom stereocenters. The van der Waals surface area contributed by atoms with Gasteiger partial charge in [-0.15, -0.1) is 0 Å². The number of aromatic nitrogens is 2. The monoisotopic (exact) mass is 346 g/mol. The summed E-state index contributed by atoms with van der Waals surface area (Å²) in [4.78, 5) is 22.6. The van der Waals surface area contributed by atoms with E-state index in [4.69, 9.17) is 11.6 Å². The molecule has 1 heterocycles. The summed E-state index contributed by atoms with van der Waals surface area (Å²) in [6, 6.07) is 8.17. The summed E-state index contributed by atoms with van der Waals surface area (Å²) in [5, 5.41) is 3.12. The fourth-order valence-electron chi connectivity index (χ4n) is 2.39. The van der Waals surface area contributed by atoms with Crippen LogP contribution in [0.4, 0.5) is 0 Å². The van der Waals surface area contributed by atoms with Crippen LogP contribution in [-0.4, -0.2) is 33.4 Å². The topological polar surface area (TPSA) is 58.1 Å². The fraction of sp³-hybridized carbons (Fsp3) is 0.389. The number of amides is 1. The van der Waals surface area contributed by atoms with Crippen molar-refractivity contribution in [3.8, 4) is 0 Å². The van der Waals surface area contributed by atoms with Crippen molar-refractivity contribution in [3.05, 3.63) is 58.6 Å². The van der Waals surface area contributed by atoms with Crippen molar-refractivity contribution in [3.63, 3.8) is 0 Å². The molecule has 0 aliphatic heterocycles. The van der Waals surface area contributed by atoms with Crippen molar-refractivity contribution in [2.45, 2.75) is 39.9 Å². The Hall–Kier alpha value is -1.98. The van der Waals surface area contributed by atoms with Gasteiger partial charge in [-0.2, -0.15) is 0 Å². The number of carbonyl (C=O) groups excluding carboxylic acids is 1. The maximum Gasteiger partial charge on any atom is 0.251 e. The van der Waals surface area contributed by atoms with Gasteiger partial charge in [-0.25, -0.2) is 4.98 Å². The normalized spacial score (nSPS) is 11.1. The molecule has 0 aliphatic carbocycles. The van der Waals surface area contributed by atoms with E-state index in [0.717, 1.165) is 13.1 Å². The van der Waals surface area contributed by atoms with Crippen molar-refractivity contribution >= 4 is 17.5 Å². The average Bonchev–Trinajstić information content (AvgIpc) is 2.59. The van der Waals surface area contributed by atoms with Crippen LogP contribution >= 0.6 is 11.6 Å². The SMILES string of the molecule is CCN(Cc1ccc(C(=O)NCc2nccnc2Cl)cc1)C(C)C. The molecule has 1 aromatic heterocycles. The third-order valence-electron chi connectivity index (χ3n) is 3.88. The van der Waals surface area contributed by atoms with Crippen molar-refractivity contribution in [2.24, 2.45) is 0 Å². The number of carbonyl (C=O) groups is 1. The molecule has 0 fully saturated rings. The number of rotatable bonds is 7. The minimum absolute atomic E-state index is 0.153. The van der Waals surface area contributed by atoms with Crippen LogP contribution in [0.2, 0.25) is 5.15 Å². The molecule has 2 aromatic rings. The number of nitrogens with one attached hydrogen (secondary N) is 1. The lowest BCUT2D eigenvalue weighted by molar-refractivity contribution is 0.0950. The lowest BCUT2D eigenvalue weighted by Gasteiger charge is -2.24. The Kier molecular flexibility index (Phi) is 6.70. The van der Waals surface area contributed by atoms with Crippen molar-refractivity contribution < 1.29 is 4.79 Å². The van der Waals surface area contributed by atoms with Gasteiger partial charge in [-0.1, -0.05) is 30.7 Å². The summed E-state index contributed by atoms with van der Waals surface area (Å²) in [7, 11) is 0. The van der Waals surface area contributed by atoms with Gasteiger partial charge in [0.15, 0.2) is 5.15 Å². The van der Waals surface area contributed by atoms with Gasteiger partial charge in [0.1, 0.15) is 0 Å². The van der Waals surface area contributed by atoms with Crippen molar-refractivity contribution in [1.82, 2.24) is 20.2 Å². The zero-order valence-corrected chi connectivity index (χ0v) is 15.0. The summed E-state index contributed by atoms with van der Waals surface area (Å²) in [5.74, 6) is -0.153. The van der Waals surface area contributed by atoms with E-state index in [9.17, 15) is 4.79 Å². The second kappa shape index (κ2) is 8.76. The number of halogens is 1. The molecule has 0 saturated heterocycles. The molecule has 1 N–H and O–H groups in total. The highest BCUT2D eigenvalue weighted by Crippen LogP contribution is 2.11. The summed E-state index contributed by atoms with van der Waals surface area (Å²) in [6.45, 7) is 8.65. The van der Waals surface area contributed by atoms with Crippen LogP contribution in [0.3, 0.4) is 0 Å². The zero-order valence-electron chi connectivity index (χ0n) is 14.3.